The first-order valence-electron chi connectivity index (χ1n) is 7.18. The van der Waals surface area contributed by atoms with Crippen LogP contribution in [0.3, 0.4) is 0 Å². The minimum Gasteiger partial charge on any atom is -0.471 e. The van der Waals surface area contributed by atoms with Crippen molar-refractivity contribution in [2.45, 2.75) is 34.3 Å². The molecular weight excluding hydrogens is 260 g/mol. The number of benzene rings is 1. The number of hydrogen-bond acceptors (Lipinski definition) is 2. The topological polar surface area (TPSA) is 37.9 Å². The standard InChI is InChI=1S/C18H20N2O/c1-11-7-12(2)9-15(8-11)10-21-18-17-16(5-6-19-18)13(3)14(4)20-17/h5-9,20H,10H2,1-4H3. The average Bonchev–Trinajstić information content (AvgIpc) is 2.72. The Balaban J connectivity index is 1.90. The van der Waals surface area contributed by atoms with Gasteiger partial charge in [-0.25, -0.2) is 4.98 Å². The van der Waals surface area contributed by atoms with E-state index in [-0.39, 0.29) is 0 Å². The van der Waals surface area contributed by atoms with Crippen LogP contribution >= 0.6 is 0 Å². The number of aromatic amines is 1. The van der Waals surface area contributed by atoms with Gasteiger partial charge in [-0.1, -0.05) is 29.3 Å². The Hall–Kier alpha value is -2.29. The van der Waals surface area contributed by atoms with Crippen molar-refractivity contribution in [3.05, 3.63) is 58.4 Å². The van der Waals surface area contributed by atoms with Crippen LogP contribution in [-0.4, -0.2) is 9.97 Å². The van der Waals surface area contributed by atoms with E-state index in [1.807, 2.05) is 6.07 Å². The first-order valence-corrected chi connectivity index (χ1v) is 7.18. The third-order valence-electron chi connectivity index (χ3n) is 3.85. The summed E-state index contributed by atoms with van der Waals surface area (Å²) in [4.78, 5) is 7.73. The van der Waals surface area contributed by atoms with Crippen LogP contribution in [0.2, 0.25) is 0 Å². The van der Waals surface area contributed by atoms with E-state index in [9.17, 15) is 0 Å². The molecule has 3 rings (SSSR count). The van der Waals surface area contributed by atoms with Gasteiger partial charge in [-0.2, -0.15) is 0 Å². The lowest BCUT2D eigenvalue weighted by Crippen LogP contribution is -1.99. The van der Waals surface area contributed by atoms with Gasteiger partial charge in [-0.15, -0.1) is 0 Å². The van der Waals surface area contributed by atoms with Gasteiger partial charge < -0.3 is 9.72 Å². The molecule has 0 fully saturated rings. The maximum Gasteiger partial charge on any atom is 0.238 e. The summed E-state index contributed by atoms with van der Waals surface area (Å²) in [6, 6.07) is 8.49. The van der Waals surface area contributed by atoms with Gasteiger partial charge in [0, 0.05) is 17.3 Å². The van der Waals surface area contributed by atoms with Gasteiger partial charge in [-0.05, 0) is 44.9 Å². The number of aromatic nitrogens is 2. The third kappa shape index (κ3) is 2.64. The molecule has 108 valence electrons. The number of aryl methyl sites for hydroxylation is 4. The second-order valence-corrected chi connectivity index (χ2v) is 5.70. The van der Waals surface area contributed by atoms with E-state index in [1.54, 1.807) is 6.20 Å². The van der Waals surface area contributed by atoms with Crippen molar-refractivity contribution in [2.24, 2.45) is 0 Å². The number of ether oxygens (including phenoxy) is 1. The van der Waals surface area contributed by atoms with Crippen LogP contribution in [0.5, 0.6) is 5.88 Å². The lowest BCUT2D eigenvalue weighted by Gasteiger charge is -2.08. The Labute approximate surface area is 125 Å². The molecule has 3 heteroatoms. The van der Waals surface area contributed by atoms with E-state index >= 15 is 0 Å². The van der Waals surface area contributed by atoms with Crippen LogP contribution in [0.4, 0.5) is 0 Å². The summed E-state index contributed by atoms with van der Waals surface area (Å²) in [5.41, 5.74) is 7.08. The molecular formula is C18H20N2O. The number of fused-ring (bicyclic) bond motifs is 1. The molecule has 0 aliphatic heterocycles. The predicted octanol–water partition coefficient (Wildman–Crippen LogP) is 4.38. The maximum absolute atomic E-state index is 5.94. The smallest absolute Gasteiger partial charge is 0.238 e. The van der Waals surface area contributed by atoms with E-state index in [2.05, 4.69) is 55.9 Å². The van der Waals surface area contributed by atoms with Crippen LogP contribution in [0.15, 0.2) is 30.5 Å². The molecule has 3 nitrogen and oxygen atoms in total. The first-order chi connectivity index (χ1) is 10.0. The molecule has 0 bridgehead atoms. The third-order valence-corrected chi connectivity index (χ3v) is 3.85. The van der Waals surface area contributed by atoms with Crippen LogP contribution in [-0.2, 0) is 6.61 Å². The molecule has 21 heavy (non-hydrogen) atoms. The largest absolute Gasteiger partial charge is 0.471 e. The molecule has 0 atom stereocenters. The van der Waals surface area contributed by atoms with Crippen molar-refractivity contribution in [1.82, 2.24) is 9.97 Å². The number of nitrogens with one attached hydrogen (secondary N) is 1. The lowest BCUT2D eigenvalue weighted by atomic mass is 10.1. The number of H-pyrrole nitrogens is 1. The van der Waals surface area contributed by atoms with Crippen LogP contribution < -0.4 is 4.74 Å². The number of pyridine rings is 1. The Morgan fingerprint density at radius 2 is 1.76 bits per heavy atom. The Bertz CT molecular complexity index is 782. The molecule has 1 aromatic carbocycles. The van der Waals surface area contributed by atoms with Gasteiger partial charge in [0.2, 0.25) is 5.88 Å². The summed E-state index contributed by atoms with van der Waals surface area (Å²) in [6.07, 6.45) is 1.80. The summed E-state index contributed by atoms with van der Waals surface area (Å²) in [6.45, 7) is 8.93. The summed E-state index contributed by atoms with van der Waals surface area (Å²) >= 11 is 0. The summed E-state index contributed by atoms with van der Waals surface area (Å²) in [5.74, 6) is 0.669. The fourth-order valence-electron chi connectivity index (χ4n) is 2.77. The highest BCUT2D eigenvalue weighted by atomic mass is 16.5. The maximum atomic E-state index is 5.94. The molecule has 2 aromatic heterocycles. The monoisotopic (exact) mass is 280 g/mol. The predicted molar refractivity (Wildman–Crippen MR) is 85.8 cm³/mol. The van der Waals surface area contributed by atoms with Gasteiger partial charge >= 0.3 is 0 Å². The zero-order valence-electron chi connectivity index (χ0n) is 12.9. The molecule has 0 radical (unpaired) electrons. The van der Waals surface area contributed by atoms with Crippen molar-refractivity contribution in [1.29, 1.82) is 0 Å². The fraction of sp³-hybridized carbons (Fsp3) is 0.278. The number of rotatable bonds is 3. The quantitative estimate of drug-likeness (QED) is 0.773. The van der Waals surface area contributed by atoms with E-state index in [0.29, 0.717) is 12.5 Å². The van der Waals surface area contributed by atoms with Gasteiger partial charge in [0.15, 0.2) is 0 Å². The molecule has 0 aliphatic rings. The zero-order chi connectivity index (χ0) is 15.0. The summed E-state index contributed by atoms with van der Waals surface area (Å²) in [7, 11) is 0. The van der Waals surface area contributed by atoms with Crippen molar-refractivity contribution in [3.63, 3.8) is 0 Å². The number of nitrogens with zero attached hydrogens (tertiary/aromatic N) is 1. The van der Waals surface area contributed by atoms with E-state index in [4.69, 9.17) is 4.74 Å². The molecule has 0 spiro atoms. The van der Waals surface area contributed by atoms with Crippen molar-refractivity contribution in [2.75, 3.05) is 0 Å². The van der Waals surface area contributed by atoms with Crippen molar-refractivity contribution in [3.8, 4) is 5.88 Å². The molecule has 0 aliphatic carbocycles. The highest BCUT2D eigenvalue weighted by Crippen LogP contribution is 2.27. The summed E-state index contributed by atoms with van der Waals surface area (Å²) < 4.78 is 5.94. The molecule has 2 heterocycles. The van der Waals surface area contributed by atoms with Crippen molar-refractivity contribution < 1.29 is 4.74 Å². The van der Waals surface area contributed by atoms with Gasteiger partial charge in [0.1, 0.15) is 12.1 Å². The summed E-state index contributed by atoms with van der Waals surface area (Å²) in [5, 5.41) is 1.18. The molecule has 0 unspecified atom stereocenters. The molecule has 3 aromatic rings. The van der Waals surface area contributed by atoms with Gasteiger partial charge in [0.25, 0.3) is 0 Å². The Morgan fingerprint density at radius 3 is 2.48 bits per heavy atom. The van der Waals surface area contributed by atoms with Crippen molar-refractivity contribution >= 4 is 10.9 Å². The van der Waals surface area contributed by atoms with Gasteiger partial charge in [0.05, 0.1) is 0 Å². The molecule has 1 N–H and O–H groups in total. The zero-order valence-corrected chi connectivity index (χ0v) is 12.9. The van der Waals surface area contributed by atoms with E-state index in [1.165, 1.54) is 27.6 Å². The minimum absolute atomic E-state index is 0.533. The van der Waals surface area contributed by atoms with Crippen LogP contribution in [0, 0.1) is 27.7 Å². The SMILES string of the molecule is Cc1cc(C)cc(COc2nccc3c(C)c(C)[nH]c23)c1. The molecule has 0 amide bonds. The highest BCUT2D eigenvalue weighted by Gasteiger charge is 2.10. The molecule has 0 saturated heterocycles. The highest BCUT2D eigenvalue weighted by molar-refractivity contribution is 5.87. The normalized spacial score (nSPS) is 11.0. The second kappa shape index (κ2) is 5.24. The second-order valence-electron chi connectivity index (χ2n) is 5.70. The number of hydrogen-bond donors (Lipinski definition) is 1. The van der Waals surface area contributed by atoms with Crippen LogP contribution in [0.1, 0.15) is 27.9 Å². The fourth-order valence-corrected chi connectivity index (χ4v) is 2.77. The Morgan fingerprint density at radius 1 is 1.05 bits per heavy atom. The minimum atomic E-state index is 0.533. The Kier molecular flexibility index (Phi) is 3.42. The van der Waals surface area contributed by atoms with Gasteiger partial charge in [-0.3, -0.25) is 0 Å². The van der Waals surface area contributed by atoms with E-state index < -0.39 is 0 Å². The molecule has 0 saturated carbocycles. The van der Waals surface area contributed by atoms with E-state index in [0.717, 1.165) is 11.2 Å². The average molecular weight is 280 g/mol. The first kappa shape index (κ1) is 13.7. The van der Waals surface area contributed by atoms with Crippen LogP contribution in [0.25, 0.3) is 10.9 Å². The lowest BCUT2D eigenvalue weighted by molar-refractivity contribution is 0.297.